The molecule has 8 nitrogen and oxygen atoms in total. The standard InChI is InChI=1S/C17H32N2O6S/c1-5-9-6-10(19(3)7-9)16(24)18-11(8(2)20)15-13(22)12(21)14(23)17(25-15)26-4/h8-15,17,20-23H,5-7H2,1-4H3,(H,18,24)/t8-,9-,10+,11-,12+,13-,14-,15+,17-/m1/s1. The average molecular weight is 393 g/mol. The number of likely N-dealkylation sites (N-methyl/N-ethyl adjacent to an activating group) is 1. The first kappa shape index (κ1) is 21.9. The van der Waals surface area contributed by atoms with Crippen LogP contribution in [0.5, 0.6) is 0 Å². The van der Waals surface area contributed by atoms with Crippen molar-refractivity contribution in [1.29, 1.82) is 0 Å². The summed E-state index contributed by atoms with van der Waals surface area (Å²) in [6, 6.07) is -1.20. The number of hydrogen-bond acceptors (Lipinski definition) is 8. The first-order valence-corrected chi connectivity index (χ1v) is 10.4. The lowest BCUT2D eigenvalue weighted by atomic mass is 9.92. The van der Waals surface area contributed by atoms with Gasteiger partial charge in [-0.15, -0.1) is 11.8 Å². The van der Waals surface area contributed by atoms with Gasteiger partial charge in [0.25, 0.3) is 0 Å². The molecule has 9 atom stereocenters. The monoisotopic (exact) mass is 392 g/mol. The minimum Gasteiger partial charge on any atom is -0.391 e. The predicted molar refractivity (Wildman–Crippen MR) is 98.6 cm³/mol. The van der Waals surface area contributed by atoms with Gasteiger partial charge in [0.05, 0.1) is 18.2 Å². The van der Waals surface area contributed by atoms with Gasteiger partial charge in [-0.05, 0) is 32.6 Å². The van der Waals surface area contributed by atoms with E-state index < -0.39 is 42.0 Å². The van der Waals surface area contributed by atoms with Crippen LogP contribution in [0.4, 0.5) is 0 Å². The minimum atomic E-state index is -1.42. The smallest absolute Gasteiger partial charge is 0.237 e. The van der Waals surface area contributed by atoms with Gasteiger partial charge in [0, 0.05) is 6.54 Å². The summed E-state index contributed by atoms with van der Waals surface area (Å²) in [6.07, 6.45) is -2.65. The van der Waals surface area contributed by atoms with Gasteiger partial charge in [-0.3, -0.25) is 9.69 Å². The number of nitrogens with zero attached hydrogens (tertiary/aromatic N) is 1. The lowest BCUT2D eigenvalue weighted by Crippen LogP contribution is -2.65. The molecule has 152 valence electrons. The van der Waals surface area contributed by atoms with Gasteiger partial charge in [-0.25, -0.2) is 0 Å². The largest absolute Gasteiger partial charge is 0.391 e. The van der Waals surface area contributed by atoms with Crippen molar-refractivity contribution in [3.63, 3.8) is 0 Å². The molecule has 0 aromatic carbocycles. The van der Waals surface area contributed by atoms with Crippen LogP contribution in [0.15, 0.2) is 0 Å². The zero-order chi connectivity index (χ0) is 19.6. The highest BCUT2D eigenvalue weighted by atomic mass is 32.2. The Morgan fingerprint density at radius 3 is 2.46 bits per heavy atom. The molecule has 2 aliphatic heterocycles. The molecule has 2 aliphatic rings. The van der Waals surface area contributed by atoms with E-state index in [-0.39, 0.29) is 11.9 Å². The Balaban J connectivity index is 2.11. The minimum absolute atomic E-state index is 0.230. The molecule has 2 fully saturated rings. The number of carbonyl (C=O) groups is 1. The fourth-order valence-corrected chi connectivity index (χ4v) is 4.49. The summed E-state index contributed by atoms with van der Waals surface area (Å²) in [5.74, 6) is 0.224. The fraction of sp³-hybridized carbons (Fsp3) is 0.941. The van der Waals surface area contributed by atoms with E-state index >= 15 is 0 Å². The summed E-state index contributed by atoms with van der Waals surface area (Å²) in [4.78, 5) is 14.8. The highest BCUT2D eigenvalue weighted by Crippen LogP contribution is 2.30. The fourth-order valence-electron chi connectivity index (χ4n) is 3.81. The van der Waals surface area contributed by atoms with Crippen LogP contribution in [0.2, 0.25) is 0 Å². The average Bonchev–Trinajstić information content (AvgIpc) is 2.99. The second-order valence-electron chi connectivity index (χ2n) is 7.42. The number of ether oxygens (including phenoxy) is 1. The first-order valence-electron chi connectivity index (χ1n) is 9.12. The van der Waals surface area contributed by atoms with E-state index in [9.17, 15) is 25.2 Å². The Hall–Kier alpha value is -0.420. The molecule has 2 heterocycles. The van der Waals surface area contributed by atoms with Gasteiger partial charge >= 0.3 is 0 Å². The maximum absolute atomic E-state index is 12.8. The summed E-state index contributed by atoms with van der Waals surface area (Å²) >= 11 is 1.19. The third-order valence-corrected chi connectivity index (χ3v) is 6.39. The summed E-state index contributed by atoms with van der Waals surface area (Å²) in [7, 11) is 1.90. The topological polar surface area (TPSA) is 122 Å². The molecule has 0 unspecified atom stereocenters. The highest BCUT2D eigenvalue weighted by molar-refractivity contribution is 7.99. The molecule has 2 rings (SSSR count). The summed E-state index contributed by atoms with van der Waals surface area (Å²) in [6.45, 7) is 4.44. The number of aliphatic hydroxyl groups excluding tert-OH is 4. The van der Waals surface area contributed by atoms with Gasteiger partial charge in [-0.1, -0.05) is 13.3 Å². The van der Waals surface area contributed by atoms with Crippen LogP contribution in [0.25, 0.3) is 0 Å². The number of likely N-dealkylation sites (tertiary alicyclic amines) is 1. The van der Waals surface area contributed by atoms with Crippen molar-refractivity contribution >= 4 is 17.7 Å². The van der Waals surface area contributed by atoms with Crippen LogP contribution >= 0.6 is 11.8 Å². The number of nitrogens with one attached hydrogen (secondary N) is 1. The Kier molecular flexibility index (Phi) is 7.73. The molecular formula is C17H32N2O6S. The Bertz CT molecular complexity index is 480. The van der Waals surface area contributed by atoms with Crippen molar-refractivity contribution in [2.45, 2.75) is 74.7 Å². The molecule has 0 radical (unpaired) electrons. The van der Waals surface area contributed by atoms with Crippen molar-refractivity contribution in [2.75, 3.05) is 19.8 Å². The van der Waals surface area contributed by atoms with Gasteiger partial charge in [0.15, 0.2) is 0 Å². The zero-order valence-electron chi connectivity index (χ0n) is 15.8. The lowest BCUT2D eigenvalue weighted by molar-refractivity contribution is -0.211. The number of carbonyl (C=O) groups excluding carboxylic acids is 1. The van der Waals surface area contributed by atoms with Crippen LogP contribution in [-0.2, 0) is 9.53 Å². The van der Waals surface area contributed by atoms with E-state index in [1.54, 1.807) is 6.26 Å². The SMILES string of the molecule is CC[C@@H]1C[C@@H](C(=O)N[C@@H]([C@@H]2O[C@H](SC)[C@H](O)[C@@H](O)[C@H]2O)[C@@H](C)O)N(C)C1. The summed E-state index contributed by atoms with van der Waals surface area (Å²) < 4.78 is 5.70. The van der Waals surface area contributed by atoms with Crippen molar-refractivity contribution in [3.05, 3.63) is 0 Å². The van der Waals surface area contributed by atoms with E-state index in [1.165, 1.54) is 18.7 Å². The number of aliphatic hydroxyl groups is 4. The summed E-state index contributed by atoms with van der Waals surface area (Å²) in [5.41, 5.74) is -0.754. The molecule has 26 heavy (non-hydrogen) atoms. The second-order valence-corrected chi connectivity index (χ2v) is 8.35. The molecule has 0 aliphatic carbocycles. The van der Waals surface area contributed by atoms with Crippen molar-refractivity contribution in [2.24, 2.45) is 5.92 Å². The molecule has 5 N–H and O–H groups in total. The highest BCUT2D eigenvalue weighted by Gasteiger charge is 2.48. The maximum atomic E-state index is 12.8. The molecular weight excluding hydrogens is 360 g/mol. The molecule has 0 aromatic rings. The molecule has 0 saturated carbocycles. The van der Waals surface area contributed by atoms with Gasteiger partial charge in [-0.2, -0.15) is 0 Å². The predicted octanol–water partition coefficient (Wildman–Crippen LogP) is -1.25. The Morgan fingerprint density at radius 1 is 1.31 bits per heavy atom. The quantitative estimate of drug-likeness (QED) is 0.380. The number of thioether (sulfide) groups is 1. The second kappa shape index (κ2) is 9.18. The molecule has 2 saturated heterocycles. The Morgan fingerprint density at radius 2 is 1.96 bits per heavy atom. The summed E-state index contributed by atoms with van der Waals surface area (Å²) in [5, 5.41) is 43.4. The van der Waals surface area contributed by atoms with Crippen LogP contribution in [-0.4, -0.2) is 99.1 Å². The van der Waals surface area contributed by atoms with Crippen LogP contribution in [0.3, 0.4) is 0 Å². The maximum Gasteiger partial charge on any atom is 0.237 e. The molecule has 0 aromatic heterocycles. The van der Waals surface area contributed by atoms with Gasteiger partial charge in [0.2, 0.25) is 5.91 Å². The van der Waals surface area contributed by atoms with E-state index in [0.717, 1.165) is 19.4 Å². The zero-order valence-corrected chi connectivity index (χ0v) is 16.6. The third kappa shape index (κ3) is 4.52. The normalized spacial score (nSPS) is 41.0. The van der Waals surface area contributed by atoms with Crippen LogP contribution in [0, 0.1) is 5.92 Å². The van der Waals surface area contributed by atoms with E-state index in [4.69, 9.17) is 4.74 Å². The van der Waals surface area contributed by atoms with Gasteiger partial charge < -0.3 is 30.5 Å². The molecule has 1 amide bonds. The van der Waals surface area contributed by atoms with Crippen molar-refractivity contribution in [3.8, 4) is 0 Å². The molecule has 0 spiro atoms. The lowest BCUT2D eigenvalue weighted by Gasteiger charge is -2.44. The van der Waals surface area contributed by atoms with Crippen LogP contribution in [0.1, 0.15) is 26.7 Å². The van der Waals surface area contributed by atoms with Crippen LogP contribution < -0.4 is 5.32 Å². The Labute approximate surface area is 158 Å². The number of hydrogen-bond donors (Lipinski definition) is 5. The first-order chi connectivity index (χ1) is 12.2. The molecule has 0 bridgehead atoms. The van der Waals surface area contributed by atoms with Crippen molar-refractivity contribution < 1.29 is 30.0 Å². The molecule has 9 heteroatoms. The van der Waals surface area contributed by atoms with E-state index in [1.807, 2.05) is 11.9 Å². The third-order valence-electron chi connectivity index (χ3n) is 5.54. The number of rotatable bonds is 6. The van der Waals surface area contributed by atoms with Gasteiger partial charge in [0.1, 0.15) is 29.9 Å². The number of amides is 1. The van der Waals surface area contributed by atoms with Crippen molar-refractivity contribution in [1.82, 2.24) is 10.2 Å². The van der Waals surface area contributed by atoms with E-state index in [2.05, 4.69) is 12.2 Å². The van der Waals surface area contributed by atoms with E-state index in [0.29, 0.717) is 5.92 Å².